The van der Waals surface area contributed by atoms with Crippen molar-refractivity contribution in [3.63, 3.8) is 0 Å². The maximum Gasteiger partial charge on any atom is 0.226 e. The normalized spacial score (nSPS) is 10.3. The molecule has 0 aliphatic heterocycles. The standard InChI is InChI=1S/C16H15Cl3N2O2/c1-23-15-5-3-11(9-13(15)19)21-16(22)6-7-20-14-8-10(17)2-4-12(14)18/h2-5,8-9,20H,6-7H2,1H3,(H,21,22). The van der Waals surface area contributed by atoms with Crippen molar-refractivity contribution in [1.82, 2.24) is 0 Å². The smallest absolute Gasteiger partial charge is 0.226 e. The van der Waals surface area contributed by atoms with Crippen molar-refractivity contribution in [2.24, 2.45) is 0 Å². The van der Waals surface area contributed by atoms with Gasteiger partial charge in [0.15, 0.2) is 0 Å². The number of anilines is 2. The number of amides is 1. The number of hydrogen-bond acceptors (Lipinski definition) is 3. The third kappa shape index (κ3) is 5.20. The number of carbonyl (C=O) groups excluding carboxylic acids is 1. The zero-order chi connectivity index (χ0) is 16.8. The molecule has 7 heteroatoms. The SMILES string of the molecule is COc1ccc(NC(=O)CCNc2cc(Cl)ccc2Cl)cc1Cl. The summed E-state index contributed by atoms with van der Waals surface area (Å²) in [4.78, 5) is 11.9. The number of hydrogen-bond donors (Lipinski definition) is 2. The van der Waals surface area contributed by atoms with Crippen LogP contribution in [0.3, 0.4) is 0 Å². The van der Waals surface area contributed by atoms with Gasteiger partial charge >= 0.3 is 0 Å². The highest BCUT2D eigenvalue weighted by atomic mass is 35.5. The summed E-state index contributed by atoms with van der Waals surface area (Å²) in [5.74, 6) is 0.416. The fourth-order valence-electron chi connectivity index (χ4n) is 1.91. The number of nitrogens with one attached hydrogen (secondary N) is 2. The average molecular weight is 374 g/mol. The molecule has 2 aromatic rings. The van der Waals surface area contributed by atoms with Gasteiger partial charge in [0.05, 0.1) is 22.8 Å². The zero-order valence-electron chi connectivity index (χ0n) is 12.3. The molecule has 0 radical (unpaired) electrons. The lowest BCUT2D eigenvalue weighted by atomic mass is 10.2. The van der Waals surface area contributed by atoms with E-state index in [0.29, 0.717) is 38.7 Å². The molecule has 4 nitrogen and oxygen atoms in total. The second kappa shape index (κ2) is 8.29. The van der Waals surface area contributed by atoms with E-state index in [1.807, 2.05) is 0 Å². The monoisotopic (exact) mass is 372 g/mol. The Kier molecular flexibility index (Phi) is 6.39. The van der Waals surface area contributed by atoms with Gasteiger partial charge in [-0.15, -0.1) is 0 Å². The molecule has 2 aromatic carbocycles. The molecule has 2 rings (SSSR count). The second-order valence-electron chi connectivity index (χ2n) is 4.70. The summed E-state index contributed by atoms with van der Waals surface area (Å²) in [6, 6.07) is 10.2. The van der Waals surface area contributed by atoms with Crippen LogP contribution in [0.4, 0.5) is 11.4 Å². The number of halogens is 3. The summed E-state index contributed by atoms with van der Waals surface area (Å²) in [5.41, 5.74) is 1.31. The van der Waals surface area contributed by atoms with Crippen molar-refractivity contribution in [3.8, 4) is 5.75 Å². The molecule has 0 atom stereocenters. The van der Waals surface area contributed by atoms with Gasteiger partial charge in [-0.05, 0) is 36.4 Å². The van der Waals surface area contributed by atoms with E-state index in [9.17, 15) is 4.79 Å². The highest BCUT2D eigenvalue weighted by Gasteiger charge is 2.07. The Bertz CT molecular complexity index is 708. The molecule has 0 fully saturated rings. The van der Waals surface area contributed by atoms with Crippen molar-refractivity contribution >= 4 is 52.1 Å². The van der Waals surface area contributed by atoms with Gasteiger partial charge < -0.3 is 15.4 Å². The molecule has 0 saturated carbocycles. The van der Waals surface area contributed by atoms with Crippen LogP contribution in [0.15, 0.2) is 36.4 Å². The minimum Gasteiger partial charge on any atom is -0.495 e. The summed E-state index contributed by atoms with van der Waals surface area (Å²) < 4.78 is 5.06. The van der Waals surface area contributed by atoms with Crippen LogP contribution in [0.2, 0.25) is 15.1 Å². The van der Waals surface area contributed by atoms with E-state index in [4.69, 9.17) is 39.5 Å². The molecular weight excluding hydrogens is 359 g/mol. The average Bonchev–Trinajstić information content (AvgIpc) is 2.51. The van der Waals surface area contributed by atoms with Crippen molar-refractivity contribution in [3.05, 3.63) is 51.5 Å². The first-order chi connectivity index (χ1) is 11.0. The lowest BCUT2D eigenvalue weighted by Crippen LogP contribution is -2.16. The number of carbonyl (C=O) groups is 1. The van der Waals surface area contributed by atoms with Crippen LogP contribution in [-0.2, 0) is 4.79 Å². The summed E-state index contributed by atoms with van der Waals surface area (Å²) in [5, 5.41) is 7.41. The maximum absolute atomic E-state index is 11.9. The van der Waals surface area contributed by atoms with E-state index in [-0.39, 0.29) is 12.3 Å². The molecule has 0 heterocycles. The molecule has 23 heavy (non-hydrogen) atoms. The molecule has 0 aliphatic rings. The van der Waals surface area contributed by atoms with Gasteiger partial charge in [0.1, 0.15) is 5.75 Å². The summed E-state index contributed by atoms with van der Waals surface area (Å²) in [6.45, 7) is 0.426. The van der Waals surface area contributed by atoms with Gasteiger partial charge in [-0.3, -0.25) is 4.79 Å². The van der Waals surface area contributed by atoms with Crippen LogP contribution in [0, 0.1) is 0 Å². The molecule has 0 saturated heterocycles. The van der Waals surface area contributed by atoms with Crippen LogP contribution in [-0.4, -0.2) is 19.6 Å². The predicted octanol–water partition coefficient (Wildman–Crippen LogP) is 5.10. The molecule has 0 unspecified atom stereocenters. The molecule has 2 N–H and O–H groups in total. The number of methoxy groups -OCH3 is 1. The van der Waals surface area contributed by atoms with Crippen molar-refractivity contribution in [2.45, 2.75) is 6.42 Å². The fraction of sp³-hybridized carbons (Fsp3) is 0.188. The minimum absolute atomic E-state index is 0.142. The molecule has 1 amide bonds. The number of ether oxygens (including phenoxy) is 1. The first kappa shape index (κ1) is 17.7. The van der Waals surface area contributed by atoms with E-state index in [1.54, 1.807) is 36.4 Å². The first-order valence-electron chi connectivity index (χ1n) is 6.82. The quantitative estimate of drug-likeness (QED) is 0.741. The van der Waals surface area contributed by atoms with Crippen molar-refractivity contribution in [2.75, 3.05) is 24.3 Å². The van der Waals surface area contributed by atoms with Gasteiger partial charge in [0, 0.05) is 23.7 Å². The molecule has 122 valence electrons. The molecule has 0 bridgehead atoms. The highest BCUT2D eigenvalue weighted by Crippen LogP contribution is 2.27. The fourth-order valence-corrected chi connectivity index (χ4v) is 2.53. The van der Waals surface area contributed by atoms with Crippen LogP contribution < -0.4 is 15.4 Å². The van der Waals surface area contributed by atoms with Gasteiger partial charge in [-0.25, -0.2) is 0 Å². The van der Waals surface area contributed by atoms with E-state index < -0.39 is 0 Å². The van der Waals surface area contributed by atoms with E-state index >= 15 is 0 Å². The summed E-state index contributed by atoms with van der Waals surface area (Å²) >= 11 is 18.0. The second-order valence-corrected chi connectivity index (χ2v) is 5.95. The van der Waals surface area contributed by atoms with Crippen LogP contribution in [0.1, 0.15) is 6.42 Å². The predicted molar refractivity (Wildman–Crippen MR) is 96.2 cm³/mol. The van der Waals surface area contributed by atoms with Gasteiger partial charge in [-0.2, -0.15) is 0 Å². The van der Waals surface area contributed by atoms with Crippen LogP contribution in [0.25, 0.3) is 0 Å². The molecule has 0 spiro atoms. The first-order valence-corrected chi connectivity index (χ1v) is 7.95. The Balaban J connectivity index is 1.85. The Morgan fingerprint density at radius 1 is 1.09 bits per heavy atom. The van der Waals surface area contributed by atoms with E-state index in [1.165, 1.54) is 7.11 Å². The Morgan fingerprint density at radius 2 is 1.87 bits per heavy atom. The molecular formula is C16H15Cl3N2O2. The highest BCUT2D eigenvalue weighted by molar-refractivity contribution is 6.35. The minimum atomic E-state index is -0.142. The lowest BCUT2D eigenvalue weighted by Gasteiger charge is -2.10. The largest absolute Gasteiger partial charge is 0.495 e. The van der Waals surface area contributed by atoms with Gasteiger partial charge in [0.2, 0.25) is 5.91 Å². The third-order valence-corrected chi connectivity index (χ3v) is 3.89. The summed E-state index contributed by atoms with van der Waals surface area (Å²) in [6.07, 6.45) is 0.270. The van der Waals surface area contributed by atoms with Gasteiger partial charge in [-0.1, -0.05) is 34.8 Å². The Labute approximate surface area is 149 Å². The Hall–Kier alpha value is -1.62. The Morgan fingerprint density at radius 3 is 2.57 bits per heavy atom. The van der Waals surface area contributed by atoms with Crippen LogP contribution >= 0.6 is 34.8 Å². The van der Waals surface area contributed by atoms with Gasteiger partial charge in [0.25, 0.3) is 0 Å². The zero-order valence-corrected chi connectivity index (χ0v) is 14.6. The number of benzene rings is 2. The van der Waals surface area contributed by atoms with E-state index in [0.717, 1.165) is 0 Å². The van der Waals surface area contributed by atoms with Crippen molar-refractivity contribution < 1.29 is 9.53 Å². The van der Waals surface area contributed by atoms with Crippen LogP contribution in [0.5, 0.6) is 5.75 Å². The number of rotatable bonds is 6. The maximum atomic E-state index is 11.9. The summed E-state index contributed by atoms with van der Waals surface area (Å²) in [7, 11) is 1.53. The van der Waals surface area contributed by atoms with Crippen molar-refractivity contribution in [1.29, 1.82) is 0 Å². The topological polar surface area (TPSA) is 50.4 Å². The molecule has 0 aliphatic carbocycles. The van der Waals surface area contributed by atoms with E-state index in [2.05, 4.69) is 10.6 Å². The molecule has 0 aromatic heterocycles. The lowest BCUT2D eigenvalue weighted by molar-refractivity contribution is -0.115. The third-order valence-electron chi connectivity index (χ3n) is 3.03.